The van der Waals surface area contributed by atoms with Gasteiger partial charge in [0.05, 0.1) is 10.6 Å². The summed E-state index contributed by atoms with van der Waals surface area (Å²) in [5.74, 6) is 0.0950. The summed E-state index contributed by atoms with van der Waals surface area (Å²) in [6.45, 7) is 4.28. The van der Waals surface area contributed by atoms with Crippen molar-refractivity contribution in [2.24, 2.45) is 0 Å². The maximum Gasteiger partial charge on any atom is 0.269 e. The van der Waals surface area contributed by atoms with Crippen molar-refractivity contribution in [3.8, 4) is 11.4 Å². The van der Waals surface area contributed by atoms with Crippen LogP contribution >= 0.6 is 11.8 Å². The molecule has 8 nitrogen and oxygen atoms in total. The zero-order valence-corrected chi connectivity index (χ0v) is 14.9. The molecule has 3 rings (SSSR count). The lowest BCUT2D eigenvalue weighted by Crippen LogP contribution is -2.02. The van der Waals surface area contributed by atoms with Gasteiger partial charge >= 0.3 is 0 Å². The molecule has 10 heteroatoms. The molecule has 0 atom stereocenters. The van der Waals surface area contributed by atoms with E-state index < -0.39 is 10.7 Å². The Labute approximate surface area is 152 Å². The highest BCUT2D eigenvalue weighted by molar-refractivity contribution is 7.99. The predicted octanol–water partition coefficient (Wildman–Crippen LogP) is 3.52. The second kappa shape index (κ2) is 7.56. The molecule has 3 aromatic rings. The lowest BCUT2D eigenvalue weighted by Gasteiger charge is -2.08. The van der Waals surface area contributed by atoms with Crippen molar-refractivity contribution in [2.45, 2.75) is 37.0 Å². The van der Waals surface area contributed by atoms with Crippen molar-refractivity contribution in [1.29, 1.82) is 0 Å². The number of nitrogens with zero attached hydrogens (tertiary/aromatic N) is 6. The molecule has 0 fully saturated rings. The van der Waals surface area contributed by atoms with Crippen molar-refractivity contribution in [1.82, 2.24) is 24.7 Å². The van der Waals surface area contributed by atoms with E-state index in [1.165, 1.54) is 18.5 Å². The zero-order chi connectivity index (χ0) is 18.7. The largest absolute Gasteiger partial charge is 0.302 e. The van der Waals surface area contributed by atoms with E-state index in [0.29, 0.717) is 35.2 Å². The first-order chi connectivity index (χ1) is 12.5. The Morgan fingerprint density at radius 2 is 1.92 bits per heavy atom. The van der Waals surface area contributed by atoms with E-state index in [-0.39, 0.29) is 10.7 Å². The van der Waals surface area contributed by atoms with Gasteiger partial charge in [0, 0.05) is 24.2 Å². The second-order valence-electron chi connectivity index (χ2n) is 5.25. The highest BCUT2D eigenvalue weighted by Crippen LogP contribution is 2.31. The van der Waals surface area contributed by atoms with Crippen LogP contribution in [0.15, 0.2) is 40.8 Å². The van der Waals surface area contributed by atoms with Gasteiger partial charge in [0.25, 0.3) is 5.69 Å². The van der Waals surface area contributed by atoms with Gasteiger partial charge in [-0.15, -0.1) is 10.2 Å². The van der Waals surface area contributed by atoms with Crippen LogP contribution in [0.25, 0.3) is 11.4 Å². The lowest BCUT2D eigenvalue weighted by molar-refractivity contribution is -0.384. The van der Waals surface area contributed by atoms with Gasteiger partial charge < -0.3 is 4.57 Å². The van der Waals surface area contributed by atoms with Crippen LogP contribution in [-0.4, -0.2) is 29.7 Å². The molecule has 0 saturated heterocycles. The Hall–Kier alpha value is -2.88. The molecule has 1 aromatic carbocycles. The normalized spacial score (nSPS) is 10.9. The SMILES string of the molecule is CCc1ncnc(Sc2nnc(-c3ccc([N+](=O)[O-])cc3)n2CC)c1F. The third-order valence-corrected chi connectivity index (χ3v) is 4.68. The second-order valence-corrected chi connectivity index (χ2v) is 6.21. The lowest BCUT2D eigenvalue weighted by atomic mass is 10.2. The first-order valence-electron chi connectivity index (χ1n) is 7.90. The fraction of sp³-hybridized carbons (Fsp3) is 0.250. The Kier molecular flexibility index (Phi) is 5.21. The number of aromatic nitrogens is 5. The number of hydrogen-bond donors (Lipinski definition) is 0. The number of rotatable bonds is 6. The predicted molar refractivity (Wildman–Crippen MR) is 93.3 cm³/mol. The molecule has 0 bridgehead atoms. The number of nitro benzene ring substituents is 1. The van der Waals surface area contributed by atoms with Gasteiger partial charge in [0.1, 0.15) is 11.4 Å². The summed E-state index contributed by atoms with van der Waals surface area (Å²) in [5.41, 5.74) is 1.04. The quantitative estimate of drug-likeness (QED) is 0.370. The molecule has 26 heavy (non-hydrogen) atoms. The molecule has 0 unspecified atom stereocenters. The minimum Gasteiger partial charge on any atom is -0.302 e. The van der Waals surface area contributed by atoms with E-state index in [1.807, 2.05) is 13.8 Å². The van der Waals surface area contributed by atoms with Gasteiger partial charge in [-0.1, -0.05) is 6.92 Å². The van der Waals surface area contributed by atoms with Crippen LogP contribution in [0.2, 0.25) is 0 Å². The van der Waals surface area contributed by atoms with Crippen LogP contribution in [0.1, 0.15) is 19.5 Å². The fourth-order valence-corrected chi connectivity index (χ4v) is 3.27. The van der Waals surface area contributed by atoms with E-state index >= 15 is 0 Å². The molecule has 0 radical (unpaired) electrons. The molecule has 0 aliphatic rings. The van der Waals surface area contributed by atoms with E-state index in [4.69, 9.17) is 0 Å². The molecular formula is C16H15FN6O2S. The minimum absolute atomic E-state index is 0.000985. The Morgan fingerprint density at radius 3 is 2.54 bits per heavy atom. The van der Waals surface area contributed by atoms with E-state index in [9.17, 15) is 14.5 Å². The smallest absolute Gasteiger partial charge is 0.269 e. The number of aryl methyl sites for hydroxylation is 1. The summed E-state index contributed by atoms with van der Waals surface area (Å²) < 4.78 is 16.2. The molecule has 0 aliphatic heterocycles. The monoisotopic (exact) mass is 374 g/mol. The number of non-ortho nitro benzene ring substituents is 1. The van der Waals surface area contributed by atoms with E-state index in [0.717, 1.165) is 11.8 Å². The Bertz CT molecular complexity index is 944. The summed E-state index contributed by atoms with van der Waals surface area (Å²) in [7, 11) is 0. The molecule has 0 N–H and O–H groups in total. The van der Waals surface area contributed by atoms with E-state index in [2.05, 4.69) is 20.2 Å². The van der Waals surface area contributed by atoms with Crippen molar-refractivity contribution >= 4 is 17.4 Å². The first-order valence-corrected chi connectivity index (χ1v) is 8.72. The molecular weight excluding hydrogens is 359 g/mol. The number of hydrogen-bond acceptors (Lipinski definition) is 7. The van der Waals surface area contributed by atoms with Crippen molar-refractivity contribution in [3.63, 3.8) is 0 Å². The third kappa shape index (κ3) is 3.40. The maximum absolute atomic E-state index is 14.4. The Balaban J connectivity index is 1.95. The average Bonchev–Trinajstić information content (AvgIpc) is 3.06. The van der Waals surface area contributed by atoms with Crippen LogP contribution in [0.3, 0.4) is 0 Å². The third-order valence-electron chi connectivity index (χ3n) is 3.72. The zero-order valence-electron chi connectivity index (χ0n) is 14.1. The van der Waals surface area contributed by atoms with Crippen molar-refractivity contribution in [2.75, 3.05) is 0 Å². The number of benzene rings is 1. The van der Waals surface area contributed by atoms with Gasteiger partial charge in [0.15, 0.2) is 16.8 Å². The summed E-state index contributed by atoms with van der Waals surface area (Å²) in [5, 5.41) is 19.7. The van der Waals surface area contributed by atoms with Crippen LogP contribution in [0, 0.1) is 15.9 Å². The molecule has 134 valence electrons. The average molecular weight is 374 g/mol. The number of nitro groups is 1. The standard InChI is InChI=1S/C16H15FN6O2S/c1-3-12-13(17)15(19-9-18-12)26-16-21-20-14(22(16)4-2)10-5-7-11(8-6-10)23(24)25/h5-9H,3-4H2,1-2H3. The molecule has 0 aliphatic carbocycles. The maximum atomic E-state index is 14.4. The van der Waals surface area contributed by atoms with Crippen LogP contribution < -0.4 is 0 Å². The van der Waals surface area contributed by atoms with Gasteiger partial charge in [-0.05, 0) is 37.2 Å². The van der Waals surface area contributed by atoms with Gasteiger partial charge in [-0.25, -0.2) is 14.4 Å². The molecule has 0 saturated carbocycles. The number of halogens is 1. The molecule has 0 spiro atoms. The highest BCUT2D eigenvalue weighted by Gasteiger charge is 2.18. The van der Waals surface area contributed by atoms with Crippen LogP contribution in [-0.2, 0) is 13.0 Å². The summed E-state index contributed by atoms with van der Waals surface area (Å²) >= 11 is 1.07. The molecule has 2 aromatic heterocycles. The summed E-state index contributed by atoms with van der Waals surface area (Å²) in [4.78, 5) is 18.2. The summed E-state index contributed by atoms with van der Waals surface area (Å²) in [6.07, 6.45) is 1.80. The first kappa shape index (κ1) is 17.9. The fourth-order valence-electron chi connectivity index (χ4n) is 2.39. The highest BCUT2D eigenvalue weighted by atomic mass is 32.2. The van der Waals surface area contributed by atoms with Gasteiger partial charge in [-0.2, -0.15) is 0 Å². The molecule has 0 amide bonds. The van der Waals surface area contributed by atoms with Crippen molar-refractivity contribution in [3.05, 3.63) is 52.2 Å². The van der Waals surface area contributed by atoms with Gasteiger partial charge in [0.2, 0.25) is 0 Å². The van der Waals surface area contributed by atoms with Gasteiger partial charge in [-0.3, -0.25) is 10.1 Å². The van der Waals surface area contributed by atoms with Crippen molar-refractivity contribution < 1.29 is 9.31 Å². The minimum atomic E-state index is -0.460. The van der Waals surface area contributed by atoms with Crippen LogP contribution in [0.5, 0.6) is 0 Å². The topological polar surface area (TPSA) is 99.6 Å². The summed E-state index contributed by atoms with van der Waals surface area (Å²) in [6, 6.07) is 6.05. The van der Waals surface area contributed by atoms with E-state index in [1.54, 1.807) is 16.7 Å². The Morgan fingerprint density at radius 1 is 1.19 bits per heavy atom. The van der Waals surface area contributed by atoms with Crippen LogP contribution in [0.4, 0.5) is 10.1 Å². The molecule has 2 heterocycles.